The zero-order valence-corrected chi connectivity index (χ0v) is 14.2. The third-order valence-electron chi connectivity index (χ3n) is 3.19. The van der Waals surface area contributed by atoms with Crippen LogP contribution in [0.5, 0.6) is 0 Å². The lowest BCUT2D eigenvalue weighted by atomic mass is 10.3. The van der Waals surface area contributed by atoms with Crippen molar-refractivity contribution in [2.45, 2.75) is 6.92 Å². The summed E-state index contributed by atoms with van der Waals surface area (Å²) in [7, 11) is 5.32. The van der Waals surface area contributed by atoms with E-state index in [1.165, 1.54) is 19.2 Å². The predicted molar refractivity (Wildman–Crippen MR) is 91.4 cm³/mol. The Labute approximate surface area is 139 Å². The Morgan fingerprint density at radius 3 is 2.67 bits per heavy atom. The van der Waals surface area contributed by atoms with Crippen LogP contribution < -0.4 is 21.1 Å². The Morgan fingerprint density at radius 2 is 2.00 bits per heavy atom. The fourth-order valence-electron chi connectivity index (χ4n) is 1.92. The van der Waals surface area contributed by atoms with Gasteiger partial charge in [0.05, 0.1) is 0 Å². The number of rotatable bonds is 6. The molecule has 0 aliphatic heterocycles. The molecule has 2 rings (SSSR count). The quantitative estimate of drug-likeness (QED) is 0.705. The van der Waals surface area contributed by atoms with Gasteiger partial charge in [-0.3, -0.25) is 9.59 Å². The molecule has 0 unspecified atom stereocenters. The van der Waals surface area contributed by atoms with Gasteiger partial charge in [-0.05, 0) is 13.0 Å². The SMILES string of the molecule is Cc1cc(N(C)C)nc(NCCNC(=O)c2ccc(=O)n(C)n2)n1. The van der Waals surface area contributed by atoms with E-state index in [9.17, 15) is 9.59 Å². The van der Waals surface area contributed by atoms with Gasteiger partial charge >= 0.3 is 0 Å². The average molecular weight is 331 g/mol. The number of nitrogens with one attached hydrogen (secondary N) is 2. The van der Waals surface area contributed by atoms with Gasteiger partial charge in [-0.1, -0.05) is 0 Å². The van der Waals surface area contributed by atoms with Crippen molar-refractivity contribution in [2.75, 3.05) is 37.4 Å². The maximum absolute atomic E-state index is 12.0. The van der Waals surface area contributed by atoms with E-state index in [2.05, 4.69) is 25.7 Å². The fourth-order valence-corrected chi connectivity index (χ4v) is 1.92. The fraction of sp³-hybridized carbons (Fsp3) is 0.400. The standard InChI is InChI=1S/C15H21N7O2/c1-10-9-12(21(2)3)19-15(18-10)17-8-7-16-14(24)11-5-6-13(23)22(4)20-11/h5-6,9H,7-8H2,1-4H3,(H,16,24)(H,17,18,19). The molecule has 1 amide bonds. The van der Waals surface area contributed by atoms with Crippen LogP contribution in [0.3, 0.4) is 0 Å². The number of aromatic nitrogens is 4. The van der Waals surface area contributed by atoms with Crippen molar-refractivity contribution < 1.29 is 4.79 Å². The van der Waals surface area contributed by atoms with Crippen molar-refractivity contribution in [1.29, 1.82) is 0 Å². The summed E-state index contributed by atoms with van der Waals surface area (Å²) in [6.45, 7) is 2.73. The normalized spacial score (nSPS) is 10.3. The molecule has 2 heterocycles. The molecule has 0 aromatic carbocycles. The first-order valence-corrected chi connectivity index (χ1v) is 7.46. The number of amides is 1. The second kappa shape index (κ2) is 7.53. The summed E-state index contributed by atoms with van der Waals surface area (Å²) in [6, 6.07) is 4.60. The highest BCUT2D eigenvalue weighted by Crippen LogP contribution is 2.11. The molecule has 24 heavy (non-hydrogen) atoms. The van der Waals surface area contributed by atoms with Gasteiger partial charge in [-0.2, -0.15) is 10.1 Å². The summed E-state index contributed by atoms with van der Waals surface area (Å²) in [5.41, 5.74) is 0.787. The zero-order valence-electron chi connectivity index (χ0n) is 14.2. The molecular weight excluding hydrogens is 310 g/mol. The smallest absolute Gasteiger partial charge is 0.271 e. The Hall–Kier alpha value is -2.97. The molecule has 0 fully saturated rings. The average Bonchev–Trinajstić information content (AvgIpc) is 2.53. The first-order chi connectivity index (χ1) is 11.4. The highest BCUT2D eigenvalue weighted by molar-refractivity contribution is 5.91. The molecule has 9 heteroatoms. The summed E-state index contributed by atoms with van der Waals surface area (Å²) in [5, 5.41) is 9.69. The lowest BCUT2D eigenvalue weighted by Crippen LogP contribution is -2.31. The number of aryl methyl sites for hydroxylation is 2. The van der Waals surface area contributed by atoms with Crippen molar-refractivity contribution in [2.24, 2.45) is 7.05 Å². The number of anilines is 2. The van der Waals surface area contributed by atoms with Gasteiger partial charge in [0.2, 0.25) is 5.95 Å². The number of carbonyl (C=O) groups excluding carboxylic acids is 1. The molecule has 0 saturated carbocycles. The maximum Gasteiger partial charge on any atom is 0.271 e. The van der Waals surface area contributed by atoms with E-state index in [1.807, 2.05) is 32.0 Å². The minimum Gasteiger partial charge on any atom is -0.363 e. The highest BCUT2D eigenvalue weighted by atomic mass is 16.2. The van der Waals surface area contributed by atoms with E-state index in [0.29, 0.717) is 19.0 Å². The molecule has 0 radical (unpaired) electrons. The minimum absolute atomic E-state index is 0.193. The number of nitrogens with zero attached hydrogens (tertiary/aromatic N) is 5. The van der Waals surface area contributed by atoms with E-state index >= 15 is 0 Å². The molecule has 0 atom stereocenters. The van der Waals surface area contributed by atoms with Gasteiger partial charge in [0.1, 0.15) is 11.5 Å². The van der Waals surface area contributed by atoms with Crippen LogP contribution in [0.2, 0.25) is 0 Å². The monoisotopic (exact) mass is 331 g/mol. The van der Waals surface area contributed by atoms with Crippen LogP contribution in [0.1, 0.15) is 16.2 Å². The molecule has 2 aromatic heterocycles. The van der Waals surface area contributed by atoms with Crippen LogP contribution in [0.4, 0.5) is 11.8 Å². The molecule has 0 saturated heterocycles. The van der Waals surface area contributed by atoms with Crippen molar-refractivity contribution in [3.63, 3.8) is 0 Å². The summed E-state index contributed by atoms with van der Waals surface area (Å²) in [6.07, 6.45) is 0. The molecule has 9 nitrogen and oxygen atoms in total. The van der Waals surface area contributed by atoms with Crippen molar-refractivity contribution in [3.8, 4) is 0 Å². The van der Waals surface area contributed by atoms with E-state index in [4.69, 9.17) is 0 Å². The zero-order chi connectivity index (χ0) is 17.7. The minimum atomic E-state index is -0.341. The van der Waals surface area contributed by atoms with Crippen LogP contribution in [-0.4, -0.2) is 52.8 Å². The molecule has 2 aromatic rings. The Bertz CT molecular complexity index is 786. The summed E-state index contributed by atoms with van der Waals surface area (Å²) >= 11 is 0. The summed E-state index contributed by atoms with van der Waals surface area (Å²) in [4.78, 5) is 33.8. The predicted octanol–water partition coefficient (Wildman–Crippen LogP) is -0.213. The second-order valence-electron chi connectivity index (χ2n) is 5.45. The summed E-state index contributed by atoms with van der Waals surface area (Å²) in [5.74, 6) is 0.975. The number of carbonyl (C=O) groups is 1. The van der Waals surface area contributed by atoms with Crippen molar-refractivity contribution in [3.05, 3.63) is 39.9 Å². The van der Waals surface area contributed by atoms with E-state index < -0.39 is 0 Å². The molecular formula is C15H21N7O2. The van der Waals surface area contributed by atoms with E-state index in [0.717, 1.165) is 16.2 Å². The van der Waals surface area contributed by atoms with Crippen LogP contribution in [0.15, 0.2) is 23.0 Å². The first kappa shape index (κ1) is 17.4. The molecule has 0 aliphatic rings. The summed E-state index contributed by atoms with van der Waals surface area (Å²) < 4.78 is 1.12. The molecule has 2 N–H and O–H groups in total. The third kappa shape index (κ3) is 4.51. The lowest BCUT2D eigenvalue weighted by molar-refractivity contribution is 0.0948. The van der Waals surface area contributed by atoms with E-state index in [-0.39, 0.29) is 17.2 Å². The van der Waals surface area contributed by atoms with Gasteiger partial charge in [0.15, 0.2) is 0 Å². The van der Waals surface area contributed by atoms with Gasteiger partial charge in [-0.25, -0.2) is 9.67 Å². The van der Waals surface area contributed by atoms with Crippen molar-refractivity contribution >= 4 is 17.7 Å². The van der Waals surface area contributed by atoms with Crippen LogP contribution in [-0.2, 0) is 7.05 Å². The molecule has 128 valence electrons. The van der Waals surface area contributed by atoms with Gasteiger partial charge in [0, 0.05) is 52.1 Å². The van der Waals surface area contributed by atoms with E-state index in [1.54, 1.807) is 0 Å². The largest absolute Gasteiger partial charge is 0.363 e. The van der Waals surface area contributed by atoms with Crippen LogP contribution in [0, 0.1) is 6.92 Å². The van der Waals surface area contributed by atoms with Crippen LogP contribution in [0.25, 0.3) is 0 Å². The topological polar surface area (TPSA) is 105 Å². The van der Waals surface area contributed by atoms with Crippen LogP contribution >= 0.6 is 0 Å². The third-order valence-corrected chi connectivity index (χ3v) is 3.19. The molecule has 0 spiro atoms. The second-order valence-corrected chi connectivity index (χ2v) is 5.45. The highest BCUT2D eigenvalue weighted by Gasteiger charge is 2.08. The maximum atomic E-state index is 12.0. The van der Waals surface area contributed by atoms with Gasteiger partial charge in [-0.15, -0.1) is 0 Å². The lowest BCUT2D eigenvalue weighted by Gasteiger charge is -2.13. The molecule has 0 aliphatic carbocycles. The Balaban J connectivity index is 1.87. The number of hydrogen-bond donors (Lipinski definition) is 2. The first-order valence-electron chi connectivity index (χ1n) is 7.46. The Morgan fingerprint density at radius 1 is 1.25 bits per heavy atom. The Kier molecular flexibility index (Phi) is 5.46. The van der Waals surface area contributed by atoms with Gasteiger partial charge < -0.3 is 15.5 Å². The van der Waals surface area contributed by atoms with Crippen molar-refractivity contribution in [1.82, 2.24) is 25.1 Å². The number of hydrogen-bond acceptors (Lipinski definition) is 7. The van der Waals surface area contributed by atoms with Gasteiger partial charge in [0.25, 0.3) is 11.5 Å². The molecule has 0 bridgehead atoms.